The smallest absolute Gasteiger partial charge is 0.406 e. The van der Waals surface area contributed by atoms with Crippen LogP contribution in [0.5, 0.6) is 0 Å². The number of rotatable bonds is 28. The molecule has 0 bridgehead atoms. The minimum atomic E-state index is -3.97. The van der Waals surface area contributed by atoms with Crippen LogP contribution in [0.15, 0.2) is 0 Å². The van der Waals surface area contributed by atoms with Crippen LogP contribution in [-0.4, -0.2) is 78.7 Å². The summed E-state index contributed by atoms with van der Waals surface area (Å²) in [5.41, 5.74) is 0. The summed E-state index contributed by atoms with van der Waals surface area (Å²) in [4.78, 5) is 0. The van der Waals surface area contributed by atoms with E-state index in [1.165, 1.54) is 0 Å². The molecule has 1 aliphatic heterocycles. The van der Waals surface area contributed by atoms with Crippen LogP contribution in [0.3, 0.4) is 0 Å². The van der Waals surface area contributed by atoms with Crippen molar-refractivity contribution in [3.05, 3.63) is 0 Å². The second-order valence-electron chi connectivity index (χ2n) is 11.6. The maximum absolute atomic E-state index is 14.1. The highest BCUT2D eigenvalue weighted by atomic mass is 31.2. The van der Waals surface area contributed by atoms with E-state index in [-0.39, 0.29) is 13.2 Å². The molecule has 0 amide bonds. The van der Waals surface area contributed by atoms with Crippen molar-refractivity contribution in [3.63, 3.8) is 0 Å². The Bertz CT molecular complexity index is 690. The topological polar surface area (TPSA) is 90.9 Å². The molecule has 5 unspecified atom stereocenters. The van der Waals surface area contributed by atoms with Gasteiger partial charge >= 0.3 is 7.82 Å². The van der Waals surface area contributed by atoms with Gasteiger partial charge in [0.1, 0.15) is 24.4 Å². The molecule has 9 nitrogen and oxygen atoms in total. The van der Waals surface area contributed by atoms with Crippen molar-refractivity contribution in [1.82, 2.24) is 0 Å². The molecular weight excluding hydrogens is 587 g/mol. The molecule has 1 aliphatic rings. The lowest BCUT2D eigenvalue weighted by molar-refractivity contribution is -0.295. The van der Waals surface area contributed by atoms with E-state index in [9.17, 15) is 4.57 Å². The van der Waals surface area contributed by atoms with Crippen LogP contribution >= 0.6 is 7.82 Å². The van der Waals surface area contributed by atoms with E-state index < -0.39 is 46.8 Å². The van der Waals surface area contributed by atoms with E-state index in [4.69, 9.17) is 36.9 Å². The molecular formula is C32H67O9PSi. The molecule has 0 aromatic carbocycles. The number of phosphoric ester groups is 1. The van der Waals surface area contributed by atoms with Crippen molar-refractivity contribution in [2.24, 2.45) is 0 Å². The van der Waals surface area contributed by atoms with Gasteiger partial charge in [0.25, 0.3) is 0 Å². The monoisotopic (exact) mass is 654 g/mol. The Kier molecular flexibility index (Phi) is 23.3. The third kappa shape index (κ3) is 15.1. The van der Waals surface area contributed by atoms with Gasteiger partial charge in [-0.05, 0) is 50.2 Å². The molecule has 0 aromatic rings. The number of hydrogen-bond donors (Lipinski definition) is 0. The van der Waals surface area contributed by atoms with Crippen molar-refractivity contribution in [2.45, 2.75) is 168 Å². The van der Waals surface area contributed by atoms with Crippen LogP contribution in [-0.2, 0) is 41.5 Å². The maximum atomic E-state index is 14.1. The zero-order chi connectivity index (χ0) is 32.0. The van der Waals surface area contributed by atoms with Crippen LogP contribution in [0.4, 0.5) is 0 Å². The summed E-state index contributed by atoms with van der Waals surface area (Å²) in [6.07, 6.45) is 6.07. The molecule has 11 heteroatoms. The van der Waals surface area contributed by atoms with E-state index >= 15 is 0 Å². The largest absolute Gasteiger partial charge is 0.477 e. The summed E-state index contributed by atoms with van der Waals surface area (Å²) in [6, 6.07) is 2.81. The van der Waals surface area contributed by atoms with Gasteiger partial charge in [0.05, 0.1) is 19.8 Å². The summed E-state index contributed by atoms with van der Waals surface area (Å²) >= 11 is 0. The quantitative estimate of drug-likeness (QED) is 0.0465. The summed E-state index contributed by atoms with van der Waals surface area (Å²) < 4.78 is 65.2. The van der Waals surface area contributed by atoms with E-state index in [1.807, 2.05) is 0 Å². The molecule has 0 aromatic heterocycles. The van der Waals surface area contributed by atoms with Crippen LogP contribution < -0.4 is 0 Å². The minimum Gasteiger partial charge on any atom is -0.406 e. The maximum Gasteiger partial charge on any atom is 0.477 e. The van der Waals surface area contributed by atoms with Crippen LogP contribution in [0.1, 0.15) is 120 Å². The van der Waals surface area contributed by atoms with Gasteiger partial charge in [-0.2, -0.15) is 0 Å². The third-order valence-corrected chi connectivity index (χ3v) is 14.3. The number of phosphoric acid groups is 1. The molecule has 0 radical (unpaired) electrons. The molecule has 0 spiro atoms. The molecule has 258 valence electrons. The first kappa shape index (κ1) is 41.2. The van der Waals surface area contributed by atoms with Gasteiger partial charge in [0.2, 0.25) is 0 Å². The first-order valence-corrected chi connectivity index (χ1v) is 21.5. The first-order valence-electron chi connectivity index (χ1n) is 17.5. The summed E-state index contributed by atoms with van der Waals surface area (Å²) in [7, 11) is -6.17. The molecule has 1 fully saturated rings. The van der Waals surface area contributed by atoms with Crippen LogP contribution in [0, 0.1) is 0 Å². The predicted molar refractivity (Wildman–Crippen MR) is 176 cm³/mol. The second-order valence-corrected chi connectivity index (χ2v) is 17.9. The average Bonchev–Trinajstić information content (AvgIpc) is 3.01. The fourth-order valence-electron chi connectivity index (χ4n) is 4.94. The van der Waals surface area contributed by atoms with Crippen LogP contribution in [0.2, 0.25) is 18.1 Å². The molecule has 1 saturated heterocycles. The first-order chi connectivity index (χ1) is 20.8. The van der Waals surface area contributed by atoms with Crippen LogP contribution in [0.25, 0.3) is 0 Å². The Morgan fingerprint density at radius 2 is 1.07 bits per heavy atom. The predicted octanol–water partition coefficient (Wildman–Crippen LogP) is 9.05. The third-order valence-electron chi connectivity index (χ3n) is 8.18. The van der Waals surface area contributed by atoms with Crippen molar-refractivity contribution in [3.8, 4) is 0 Å². The normalized spacial score (nSPS) is 23.2. The molecule has 1 heterocycles. The highest BCUT2D eigenvalue weighted by molar-refractivity contribution is 7.48. The van der Waals surface area contributed by atoms with E-state index in [1.54, 1.807) is 0 Å². The SMILES string of the molecule is CCCCOCC1OC(OP(=O)(OCCCC)OCCCC)C(O[Si](CC)(CC)CC)C(OCCCC)C1OCCCC. The van der Waals surface area contributed by atoms with Gasteiger partial charge in [0, 0.05) is 19.8 Å². The van der Waals surface area contributed by atoms with E-state index in [0.29, 0.717) is 26.4 Å². The van der Waals surface area contributed by atoms with Crippen molar-refractivity contribution in [1.29, 1.82) is 0 Å². The average molecular weight is 655 g/mol. The van der Waals surface area contributed by atoms with Gasteiger partial charge in [-0.15, -0.1) is 0 Å². The molecule has 43 heavy (non-hydrogen) atoms. The molecule has 1 rings (SSSR count). The van der Waals surface area contributed by atoms with Gasteiger partial charge in [-0.25, -0.2) is 4.57 Å². The summed E-state index contributed by atoms with van der Waals surface area (Å²) in [5.74, 6) is 0. The lowest BCUT2D eigenvalue weighted by atomic mass is 9.98. The zero-order valence-corrected chi connectivity index (χ0v) is 30.8. The lowest BCUT2D eigenvalue weighted by Crippen LogP contribution is -2.64. The standard InChI is InChI=1S/C32H67O9PSi/c1-9-17-22-34-27-28-29(35-23-18-10-2)30(36-24-19-11-3)31(41-43(14-6,15-7)16-8)32(39-28)40-42(33,37-25-20-12-4)38-26-21-13-5/h28-32H,9-27H2,1-8H3. The van der Waals surface area contributed by atoms with E-state index in [0.717, 1.165) is 82.3 Å². The molecule has 0 saturated carbocycles. The Morgan fingerprint density at radius 3 is 1.56 bits per heavy atom. The Hall–Kier alpha value is 0.127. The lowest BCUT2D eigenvalue weighted by Gasteiger charge is -2.48. The number of unbranched alkanes of at least 4 members (excludes halogenated alkanes) is 5. The Balaban J connectivity index is 3.57. The van der Waals surface area contributed by atoms with Gasteiger partial charge < -0.3 is 23.4 Å². The van der Waals surface area contributed by atoms with Crippen molar-refractivity contribution >= 4 is 16.1 Å². The summed E-state index contributed by atoms with van der Waals surface area (Å²) in [6.45, 7) is 19.8. The van der Waals surface area contributed by atoms with Crippen molar-refractivity contribution in [2.75, 3.05) is 39.6 Å². The highest BCUT2D eigenvalue weighted by Gasteiger charge is 2.53. The minimum absolute atomic E-state index is 0.276. The molecule has 0 aliphatic carbocycles. The van der Waals surface area contributed by atoms with Gasteiger partial charge in [-0.1, -0.05) is 87.5 Å². The fraction of sp³-hybridized carbons (Fsp3) is 1.00. The fourth-order valence-corrected chi connectivity index (χ4v) is 9.09. The molecule has 0 N–H and O–H groups in total. The Labute approximate surface area is 265 Å². The highest BCUT2D eigenvalue weighted by Crippen LogP contribution is 2.53. The molecule has 5 atom stereocenters. The van der Waals surface area contributed by atoms with E-state index in [2.05, 4.69) is 55.4 Å². The second kappa shape index (κ2) is 24.3. The number of ether oxygens (including phenoxy) is 4. The van der Waals surface area contributed by atoms with Crippen molar-refractivity contribution < 1.29 is 41.5 Å². The number of hydrogen-bond acceptors (Lipinski definition) is 9. The zero-order valence-electron chi connectivity index (χ0n) is 28.9. The van der Waals surface area contributed by atoms with Gasteiger partial charge in [0.15, 0.2) is 14.6 Å². The Morgan fingerprint density at radius 1 is 0.605 bits per heavy atom. The summed E-state index contributed by atoms with van der Waals surface area (Å²) in [5, 5.41) is 0. The van der Waals surface area contributed by atoms with Gasteiger partial charge in [-0.3, -0.25) is 13.6 Å².